The van der Waals surface area contributed by atoms with Gasteiger partial charge in [-0.05, 0) is 48.9 Å². The smallest absolute Gasteiger partial charge is 0.254 e. The molecule has 2 heterocycles. The summed E-state index contributed by atoms with van der Waals surface area (Å²) in [5.74, 6) is -0.408. The first-order chi connectivity index (χ1) is 14.0. The molecule has 1 unspecified atom stereocenters. The van der Waals surface area contributed by atoms with Crippen molar-refractivity contribution < 1.29 is 9.18 Å². The summed E-state index contributed by atoms with van der Waals surface area (Å²) in [5, 5.41) is 0.476. The highest BCUT2D eigenvalue weighted by Crippen LogP contribution is 2.25. The van der Waals surface area contributed by atoms with Crippen LogP contribution in [0.4, 0.5) is 4.39 Å². The average molecular weight is 386 g/mol. The Balaban J connectivity index is 1.57. The first-order valence-electron chi connectivity index (χ1n) is 9.22. The van der Waals surface area contributed by atoms with Crippen molar-refractivity contribution >= 4 is 16.8 Å². The number of nitrogens with zero attached hydrogens (tertiary/aromatic N) is 4. The van der Waals surface area contributed by atoms with Crippen LogP contribution in [0.5, 0.6) is 0 Å². The molecule has 0 saturated carbocycles. The van der Waals surface area contributed by atoms with E-state index >= 15 is 0 Å². The Morgan fingerprint density at radius 2 is 1.83 bits per heavy atom. The molecular weight excluding hydrogens is 367 g/mol. The van der Waals surface area contributed by atoms with Crippen LogP contribution in [0.3, 0.4) is 0 Å². The van der Waals surface area contributed by atoms with Crippen LogP contribution in [0.2, 0.25) is 0 Å². The summed E-state index contributed by atoms with van der Waals surface area (Å²) in [7, 11) is 1.75. The molecule has 6 heteroatoms. The highest BCUT2D eigenvalue weighted by atomic mass is 19.1. The Hall–Kier alpha value is -3.67. The minimum Gasteiger partial charge on any atom is -0.333 e. The van der Waals surface area contributed by atoms with E-state index in [2.05, 4.69) is 15.0 Å². The van der Waals surface area contributed by atoms with Crippen molar-refractivity contribution in [2.24, 2.45) is 0 Å². The summed E-state index contributed by atoms with van der Waals surface area (Å²) in [4.78, 5) is 27.0. The van der Waals surface area contributed by atoms with Crippen LogP contribution in [0.25, 0.3) is 22.0 Å². The van der Waals surface area contributed by atoms with E-state index in [0.29, 0.717) is 16.5 Å². The Morgan fingerprint density at radius 3 is 2.55 bits per heavy atom. The lowest BCUT2D eigenvalue weighted by atomic mass is 10.0. The standard InChI is InChI=1S/C23H19FN4O/c1-15(21-10-11-25-14-27-21)28(2)23(29)17-8-6-16(7-9-17)18-12-19-20(24)4-3-5-22(19)26-13-18/h3-15H,1-2H3. The molecule has 144 valence electrons. The van der Waals surface area contributed by atoms with Gasteiger partial charge in [-0.3, -0.25) is 9.78 Å². The largest absolute Gasteiger partial charge is 0.333 e. The maximum atomic E-state index is 14.1. The van der Waals surface area contributed by atoms with E-state index < -0.39 is 0 Å². The summed E-state index contributed by atoms with van der Waals surface area (Å²) in [6, 6.07) is 15.5. The zero-order valence-electron chi connectivity index (χ0n) is 16.1. The second-order valence-corrected chi connectivity index (χ2v) is 6.83. The number of hydrogen-bond acceptors (Lipinski definition) is 4. The lowest BCUT2D eigenvalue weighted by Crippen LogP contribution is -2.30. The molecule has 0 aliphatic heterocycles. The highest BCUT2D eigenvalue weighted by molar-refractivity contribution is 5.95. The first-order valence-corrected chi connectivity index (χ1v) is 9.22. The van der Waals surface area contributed by atoms with Gasteiger partial charge in [-0.2, -0.15) is 0 Å². The molecular formula is C23H19FN4O. The first kappa shape index (κ1) is 18.7. The van der Waals surface area contributed by atoms with Gasteiger partial charge in [0, 0.05) is 36.0 Å². The van der Waals surface area contributed by atoms with E-state index in [9.17, 15) is 9.18 Å². The lowest BCUT2D eigenvalue weighted by molar-refractivity contribution is 0.0739. The molecule has 2 aromatic heterocycles. The molecule has 1 amide bonds. The van der Waals surface area contributed by atoms with Gasteiger partial charge in [0.15, 0.2) is 0 Å². The third-order valence-corrected chi connectivity index (χ3v) is 5.07. The topological polar surface area (TPSA) is 59.0 Å². The van der Waals surface area contributed by atoms with Crippen molar-refractivity contribution in [2.75, 3.05) is 7.05 Å². The fourth-order valence-electron chi connectivity index (χ4n) is 3.20. The van der Waals surface area contributed by atoms with Gasteiger partial charge in [0.2, 0.25) is 0 Å². The number of hydrogen-bond donors (Lipinski definition) is 0. The van der Waals surface area contributed by atoms with Gasteiger partial charge in [-0.1, -0.05) is 18.2 Å². The third-order valence-electron chi connectivity index (χ3n) is 5.07. The van der Waals surface area contributed by atoms with Gasteiger partial charge in [0.05, 0.1) is 17.3 Å². The molecule has 5 nitrogen and oxygen atoms in total. The van der Waals surface area contributed by atoms with Crippen molar-refractivity contribution in [1.29, 1.82) is 0 Å². The Kier molecular flexibility index (Phi) is 4.99. The fraction of sp³-hybridized carbons (Fsp3) is 0.130. The molecule has 0 bridgehead atoms. The Morgan fingerprint density at radius 1 is 1.03 bits per heavy atom. The summed E-state index contributed by atoms with van der Waals surface area (Å²) in [5.41, 5.74) is 3.62. The van der Waals surface area contributed by atoms with Crippen molar-refractivity contribution in [1.82, 2.24) is 19.9 Å². The maximum Gasteiger partial charge on any atom is 0.254 e. The van der Waals surface area contributed by atoms with Crippen molar-refractivity contribution in [3.63, 3.8) is 0 Å². The lowest BCUT2D eigenvalue weighted by Gasteiger charge is -2.24. The van der Waals surface area contributed by atoms with E-state index in [1.807, 2.05) is 19.1 Å². The molecule has 0 aliphatic rings. The fourth-order valence-corrected chi connectivity index (χ4v) is 3.20. The molecule has 0 spiro atoms. The van der Waals surface area contributed by atoms with Gasteiger partial charge in [0.25, 0.3) is 5.91 Å². The quantitative estimate of drug-likeness (QED) is 0.512. The van der Waals surface area contributed by atoms with Gasteiger partial charge >= 0.3 is 0 Å². The van der Waals surface area contributed by atoms with Crippen LogP contribution in [0.15, 0.2) is 73.3 Å². The Labute approximate surface area is 167 Å². The van der Waals surface area contributed by atoms with Crippen molar-refractivity contribution in [3.05, 3.63) is 90.4 Å². The van der Waals surface area contributed by atoms with Gasteiger partial charge in [0.1, 0.15) is 12.1 Å². The van der Waals surface area contributed by atoms with E-state index in [0.717, 1.165) is 16.8 Å². The Bertz CT molecular complexity index is 1160. The molecule has 4 aromatic rings. The number of pyridine rings is 1. The van der Waals surface area contributed by atoms with Crippen LogP contribution in [-0.4, -0.2) is 32.8 Å². The number of amides is 1. The predicted octanol–water partition coefficient (Wildman–Crippen LogP) is 4.66. The summed E-state index contributed by atoms with van der Waals surface area (Å²) in [6.07, 6.45) is 4.84. The van der Waals surface area contributed by atoms with E-state index in [1.54, 1.807) is 60.7 Å². The van der Waals surface area contributed by atoms with Gasteiger partial charge in [-0.25, -0.2) is 14.4 Å². The molecule has 0 saturated heterocycles. The van der Waals surface area contributed by atoms with E-state index in [1.165, 1.54) is 12.4 Å². The van der Waals surface area contributed by atoms with E-state index in [-0.39, 0.29) is 17.8 Å². The molecule has 4 rings (SSSR count). The minimum atomic E-state index is -0.302. The van der Waals surface area contributed by atoms with Gasteiger partial charge < -0.3 is 4.90 Å². The van der Waals surface area contributed by atoms with Crippen LogP contribution in [0.1, 0.15) is 29.0 Å². The van der Waals surface area contributed by atoms with Crippen LogP contribution in [0, 0.1) is 5.82 Å². The molecule has 1 atom stereocenters. The van der Waals surface area contributed by atoms with E-state index in [4.69, 9.17) is 0 Å². The summed E-state index contributed by atoms with van der Waals surface area (Å²) in [6.45, 7) is 1.92. The highest BCUT2D eigenvalue weighted by Gasteiger charge is 2.19. The predicted molar refractivity (Wildman–Crippen MR) is 110 cm³/mol. The number of halogens is 1. The number of fused-ring (bicyclic) bond motifs is 1. The average Bonchev–Trinajstić information content (AvgIpc) is 2.78. The molecule has 0 aliphatic carbocycles. The second kappa shape index (κ2) is 7.75. The monoisotopic (exact) mass is 386 g/mol. The van der Waals surface area contributed by atoms with Gasteiger partial charge in [-0.15, -0.1) is 0 Å². The second-order valence-electron chi connectivity index (χ2n) is 6.83. The zero-order valence-corrected chi connectivity index (χ0v) is 16.1. The normalized spacial score (nSPS) is 12.0. The van der Waals surface area contributed by atoms with Crippen LogP contribution in [-0.2, 0) is 0 Å². The summed E-state index contributed by atoms with van der Waals surface area (Å²) < 4.78 is 14.1. The number of benzene rings is 2. The zero-order chi connectivity index (χ0) is 20.4. The summed E-state index contributed by atoms with van der Waals surface area (Å²) >= 11 is 0. The van der Waals surface area contributed by atoms with Crippen molar-refractivity contribution in [2.45, 2.75) is 13.0 Å². The van der Waals surface area contributed by atoms with Crippen molar-refractivity contribution in [3.8, 4) is 11.1 Å². The minimum absolute atomic E-state index is 0.106. The number of rotatable bonds is 4. The SMILES string of the molecule is CC(c1ccncn1)N(C)C(=O)c1ccc(-c2cnc3cccc(F)c3c2)cc1. The third kappa shape index (κ3) is 3.69. The molecule has 0 fully saturated rings. The van der Waals surface area contributed by atoms with Crippen LogP contribution >= 0.6 is 0 Å². The maximum absolute atomic E-state index is 14.1. The molecule has 0 N–H and O–H groups in total. The molecule has 0 radical (unpaired) electrons. The molecule has 2 aromatic carbocycles. The number of aromatic nitrogens is 3. The molecule has 29 heavy (non-hydrogen) atoms. The number of carbonyl (C=O) groups excluding carboxylic acids is 1. The number of carbonyl (C=O) groups is 1. The van der Waals surface area contributed by atoms with Crippen LogP contribution < -0.4 is 0 Å².